The number of carbonyl (C=O) groups is 1. The Balaban J connectivity index is 2.92. The summed E-state index contributed by atoms with van der Waals surface area (Å²) in [4.78, 5) is 24.7. The molecule has 1 rings (SSSR count). The lowest BCUT2D eigenvalue weighted by atomic mass is 10.2. The highest BCUT2D eigenvalue weighted by molar-refractivity contribution is 5.87. The first-order valence-corrected chi connectivity index (χ1v) is 5.11. The topological polar surface area (TPSA) is 91.6 Å². The molecular formula is C11H12N2O5. The summed E-state index contributed by atoms with van der Waals surface area (Å²) in [6.45, 7) is 1.98. The van der Waals surface area contributed by atoms with Gasteiger partial charge in [-0.3, -0.25) is 0 Å². The van der Waals surface area contributed by atoms with E-state index in [4.69, 9.17) is 9.47 Å². The Morgan fingerprint density at radius 1 is 1.61 bits per heavy atom. The van der Waals surface area contributed by atoms with Crippen molar-refractivity contribution >= 4 is 17.9 Å². The summed E-state index contributed by atoms with van der Waals surface area (Å²) >= 11 is 0. The third-order valence-corrected chi connectivity index (χ3v) is 1.95. The molecule has 18 heavy (non-hydrogen) atoms. The SMILES string of the molecule is CCOC(=O)C=Cc1cnc([N+](=O)[O-])c(OC)c1. The molecule has 0 bridgehead atoms. The summed E-state index contributed by atoms with van der Waals surface area (Å²) in [6, 6.07) is 1.42. The molecule has 7 heteroatoms. The monoisotopic (exact) mass is 252 g/mol. The van der Waals surface area contributed by atoms with Crippen LogP contribution in [0.4, 0.5) is 5.82 Å². The molecular weight excluding hydrogens is 240 g/mol. The number of rotatable bonds is 5. The number of hydrogen-bond donors (Lipinski definition) is 0. The number of hydrogen-bond acceptors (Lipinski definition) is 6. The Morgan fingerprint density at radius 2 is 2.33 bits per heavy atom. The third-order valence-electron chi connectivity index (χ3n) is 1.95. The predicted molar refractivity (Wildman–Crippen MR) is 63.1 cm³/mol. The van der Waals surface area contributed by atoms with Gasteiger partial charge in [0.1, 0.15) is 6.20 Å². The molecule has 0 radical (unpaired) electrons. The lowest BCUT2D eigenvalue weighted by molar-refractivity contribution is -0.390. The molecule has 1 heterocycles. The molecule has 0 atom stereocenters. The van der Waals surface area contributed by atoms with Gasteiger partial charge in [-0.05, 0) is 22.9 Å². The molecule has 0 spiro atoms. The molecule has 0 aromatic carbocycles. The standard InChI is InChI=1S/C11H12N2O5/c1-3-18-10(14)5-4-8-6-9(17-2)11(12-7-8)13(15)16/h4-7H,3H2,1-2H3. The highest BCUT2D eigenvalue weighted by Crippen LogP contribution is 2.24. The quantitative estimate of drug-likeness (QED) is 0.342. The van der Waals surface area contributed by atoms with Crippen LogP contribution in [0.2, 0.25) is 0 Å². The van der Waals surface area contributed by atoms with Crippen LogP contribution < -0.4 is 4.74 Å². The summed E-state index contributed by atoms with van der Waals surface area (Å²) in [5.74, 6) is -0.827. The smallest absolute Gasteiger partial charge is 0.406 e. The highest BCUT2D eigenvalue weighted by atomic mass is 16.6. The molecule has 0 fully saturated rings. The van der Waals surface area contributed by atoms with E-state index in [0.717, 1.165) is 0 Å². The summed E-state index contributed by atoms with van der Waals surface area (Å²) in [7, 11) is 1.31. The Bertz CT molecular complexity index is 484. The summed E-state index contributed by atoms with van der Waals surface area (Å²) < 4.78 is 9.54. The second kappa shape index (κ2) is 6.33. The van der Waals surface area contributed by atoms with Gasteiger partial charge in [-0.25, -0.2) is 4.79 Å². The van der Waals surface area contributed by atoms with Gasteiger partial charge in [-0.15, -0.1) is 0 Å². The van der Waals surface area contributed by atoms with E-state index in [1.54, 1.807) is 6.92 Å². The fourth-order valence-corrected chi connectivity index (χ4v) is 1.19. The fraction of sp³-hybridized carbons (Fsp3) is 0.273. The van der Waals surface area contributed by atoms with E-state index < -0.39 is 10.9 Å². The fourth-order valence-electron chi connectivity index (χ4n) is 1.19. The zero-order valence-corrected chi connectivity index (χ0v) is 9.95. The number of aromatic nitrogens is 1. The average Bonchev–Trinajstić information content (AvgIpc) is 2.36. The van der Waals surface area contributed by atoms with Crippen LogP contribution in [0.1, 0.15) is 12.5 Å². The second-order valence-corrected chi connectivity index (χ2v) is 3.14. The van der Waals surface area contributed by atoms with Gasteiger partial charge in [-0.2, -0.15) is 0 Å². The van der Waals surface area contributed by atoms with Crippen LogP contribution in [0.3, 0.4) is 0 Å². The van der Waals surface area contributed by atoms with Crippen molar-refractivity contribution in [3.8, 4) is 5.75 Å². The molecule has 0 aliphatic carbocycles. The lowest BCUT2D eigenvalue weighted by Gasteiger charge is -2.01. The number of carbonyl (C=O) groups excluding carboxylic acids is 1. The van der Waals surface area contributed by atoms with Crippen molar-refractivity contribution in [1.82, 2.24) is 4.98 Å². The summed E-state index contributed by atoms with van der Waals surface area (Å²) in [6.07, 6.45) is 3.93. The highest BCUT2D eigenvalue weighted by Gasteiger charge is 2.16. The minimum absolute atomic E-state index is 0.0333. The van der Waals surface area contributed by atoms with Crippen molar-refractivity contribution in [2.75, 3.05) is 13.7 Å². The first-order chi connectivity index (χ1) is 8.58. The van der Waals surface area contributed by atoms with Crippen LogP contribution in [0, 0.1) is 10.1 Å². The predicted octanol–water partition coefficient (Wildman–Crippen LogP) is 1.57. The van der Waals surface area contributed by atoms with Crippen molar-refractivity contribution in [1.29, 1.82) is 0 Å². The summed E-state index contributed by atoms with van der Waals surface area (Å²) in [5, 5.41) is 10.6. The van der Waals surface area contributed by atoms with Gasteiger partial charge in [0.15, 0.2) is 0 Å². The lowest BCUT2D eigenvalue weighted by Crippen LogP contribution is -1.99. The Hall–Kier alpha value is -2.44. The van der Waals surface area contributed by atoms with Gasteiger partial charge in [-0.1, -0.05) is 0 Å². The molecule has 0 saturated carbocycles. The van der Waals surface area contributed by atoms with E-state index >= 15 is 0 Å². The van der Waals surface area contributed by atoms with E-state index in [2.05, 4.69) is 4.98 Å². The minimum Gasteiger partial charge on any atom is -0.489 e. The van der Waals surface area contributed by atoms with Gasteiger partial charge in [0.25, 0.3) is 0 Å². The van der Waals surface area contributed by atoms with Crippen molar-refractivity contribution in [2.45, 2.75) is 6.92 Å². The largest absolute Gasteiger partial charge is 0.489 e. The van der Waals surface area contributed by atoms with Crippen LogP contribution >= 0.6 is 0 Å². The molecule has 96 valence electrons. The Labute approximate surface area is 103 Å². The number of nitrogens with zero attached hydrogens (tertiary/aromatic N) is 2. The van der Waals surface area contributed by atoms with Crippen LogP contribution in [-0.4, -0.2) is 29.6 Å². The molecule has 1 aromatic rings. The van der Waals surface area contributed by atoms with E-state index in [0.29, 0.717) is 5.56 Å². The van der Waals surface area contributed by atoms with E-state index in [1.165, 1.54) is 31.5 Å². The van der Waals surface area contributed by atoms with Crippen molar-refractivity contribution < 1.29 is 19.2 Å². The molecule has 0 N–H and O–H groups in total. The van der Waals surface area contributed by atoms with E-state index in [9.17, 15) is 14.9 Å². The first kappa shape index (κ1) is 13.6. The van der Waals surface area contributed by atoms with Crippen molar-refractivity contribution in [2.24, 2.45) is 0 Å². The number of esters is 1. The molecule has 0 aliphatic rings. The normalized spacial score (nSPS) is 10.3. The van der Waals surface area contributed by atoms with Crippen molar-refractivity contribution in [3.63, 3.8) is 0 Å². The van der Waals surface area contributed by atoms with Crippen LogP contribution in [0.25, 0.3) is 6.08 Å². The zero-order chi connectivity index (χ0) is 13.5. The number of methoxy groups -OCH3 is 1. The van der Waals surface area contributed by atoms with Gasteiger partial charge in [0, 0.05) is 17.7 Å². The van der Waals surface area contributed by atoms with Crippen molar-refractivity contribution in [3.05, 3.63) is 34.0 Å². The molecule has 0 aliphatic heterocycles. The Morgan fingerprint density at radius 3 is 2.89 bits per heavy atom. The van der Waals surface area contributed by atoms with Crippen LogP contribution in [0.15, 0.2) is 18.3 Å². The average molecular weight is 252 g/mol. The van der Waals surface area contributed by atoms with Crippen LogP contribution in [-0.2, 0) is 9.53 Å². The number of ether oxygens (including phenoxy) is 2. The number of pyridine rings is 1. The first-order valence-electron chi connectivity index (χ1n) is 5.11. The Kier molecular flexibility index (Phi) is 4.79. The number of nitro groups is 1. The van der Waals surface area contributed by atoms with E-state index in [-0.39, 0.29) is 18.2 Å². The van der Waals surface area contributed by atoms with Gasteiger partial charge < -0.3 is 19.6 Å². The maximum absolute atomic E-state index is 11.1. The maximum atomic E-state index is 11.1. The molecule has 0 saturated heterocycles. The molecule has 0 amide bonds. The minimum atomic E-state index is -0.641. The third kappa shape index (κ3) is 3.55. The van der Waals surface area contributed by atoms with E-state index in [1.807, 2.05) is 0 Å². The maximum Gasteiger partial charge on any atom is 0.406 e. The molecule has 0 unspecified atom stereocenters. The van der Waals surface area contributed by atoms with Gasteiger partial charge >= 0.3 is 11.8 Å². The molecule has 1 aromatic heterocycles. The van der Waals surface area contributed by atoms with Gasteiger partial charge in [0.2, 0.25) is 5.75 Å². The second-order valence-electron chi connectivity index (χ2n) is 3.14. The van der Waals surface area contributed by atoms with Gasteiger partial charge in [0.05, 0.1) is 13.7 Å². The zero-order valence-electron chi connectivity index (χ0n) is 9.95. The van der Waals surface area contributed by atoms with Crippen LogP contribution in [0.5, 0.6) is 5.75 Å². The molecule has 7 nitrogen and oxygen atoms in total. The summed E-state index contributed by atoms with van der Waals surface area (Å²) in [5.41, 5.74) is 0.505.